The van der Waals surface area contributed by atoms with Crippen molar-refractivity contribution in [2.45, 2.75) is 52.5 Å². The topological polar surface area (TPSA) is 71.7 Å². The maximum absolute atomic E-state index is 5.78. The molecule has 2 heterocycles. The highest BCUT2D eigenvalue weighted by molar-refractivity contribution is 5.79. The van der Waals surface area contributed by atoms with Crippen molar-refractivity contribution < 1.29 is 9.15 Å². The molecule has 6 nitrogen and oxygen atoms in total. The quantitative estimate of drug-likeness (QED) is 0.475. The van der Waals surface area contributed by atoms with E-state index >= 15 is 0 Å². The second kappa shape index (κ2) is 8.87. The Labute approximate surface area is 144 Å². The van der Waals surface area contributed by atoms with Gasteiger partial charge in [0.25, 0.3) is 0 Å². The van der Waals surface area contributed by atoms with Crippen LogP contribution >= 0.6 is 0 Å². The third kappa shape index (κ3) is 6.00. The number of hydrogen-bond donors (Lipinski definition) is 2. The molecule has 0 spiro atoms. The molecular weight excluding hydrogens is 304 g/mol. The molecule has 0 aromatic carbocycles. The molecule has 0 fully saturated rings. The first-order chi connectivity index (χ1) is 11.5. The number of nitrogens with one attached hydrogen (secondary N) is 2. The van der Waals surface area contributed by atoms with Crippen molar-refractivity contribution in [1.82, 2.24) is 15.6 Å². The highest BCUT2D eigenvalue weighted by Gasteiger charge is 2.19. The molecule has 1 aliphatic rings. The average Bonchev–Trinajstić information content (AvgIpc) is 3.03. The fraction of sp³-hybridized carbons (Fsp3) is 0.667. The van der Waals surface area contributed by atoms with Crippen LogP contribution in [0.3, 0.4) is 0 Å². The first kappa shape index (κ1) is 18.5. The molecule has 0 atom stereocenters. The van der Waals surface area contributed by atoms with Crippen molar-refractivity contribution in [1.29, 1.82) is 0 Å². The second-order valence-electron chi connectivity index (χ2n) is 6.93. The molecule has 0 unspecified atom stereocenters. The van der Waals surface area contributed by atoms with Crippen molar-refractivity contribution in [2.24, 2.45) is 4.99 Å². The van der Waals surface area contributed by atoms with Crippen molar-refractivity contribution in [3.05, 3.63) is 29.5 Å². The Morgan fingerprint density at radius 3 is 2.79 bits per heavy atom. The van der Waals surface area contributed by atoms with Crippen LogP contribution in [0, 0.1) is 0 Å². The first-order valence-corrected chi connectivity index (χ1v) is 8.72. The van der Waals surface area contributed by atoms with Gasteiger partial charge >= 0.3 is 0 Å². The van der Waals surface area contributed by atoms with E-state index in [0.717, 1.165) is 50.9 Å². The van der Waals surface area contributed by atoms with Crippen LogP contribution in [0.1, 0.15) is 52.2 Å². The minimum absolute atomic E-state index is 0.0326. The third-order valence-electron chi connectivity index (χ3n) is 3.81. The molecule has 2 N–H and O–H groups in total. The summed E-state index contributed by atoms with van der Waals surface area (Å²) in [4.78, 5) is 8.87. The van der Waals surface area contributed by atoms with Gasteiger partial charge < -0.3 is 19.8 Å². The molecule has 134 valence electrons. The summed E-state index contributed by atoms with van der Waals surface area (Å²) >= 11 is 0. The molecule has 0 amide bonds. The molecule has 2 rings (SSSR count). The molecule has 0 saturated carbocycles. The minimum atomic E-state index is -0.0326. The zero-order valence-electron chi connectivity index (χ0n) is 15.3. The predicted molar refractivity (Wildman–Crippen MR) is 96.2 cm³/mol. The number of guanidine groups is 1. The van der Waals surface area contributed by atoms with E-state index in [-0.39, 0.29) is 5.41 Å². The molecule has 1 aliphatic heterocycles. The number of aromatic nitrogens is 1. The summed E-state index contributed by atoms with van der Waals surface area (Å²) in [5.74, 6) is 2.32. The van der Waals surface area contributed by atoms with E-state index in [2.05, 4.69) is 54.4 Å². The number of aliphatic imine (C=N–C) groups is 1. The summed E-state index contributed by atoms with van der Waals surface area (Å²) in [5.41, 5.74) is 1.42. The second-order valence-corrected chi connectivity index (χ2v) is 6.93. The van der Waals surface area contributed by atoms with E-state index in [4.69, 9.17) is 9.15 Å². The molecule has 24 heavy (non-hydrogen) atoms. The lowest BCUT2D eigenvalue weighted by molar-refractivity contribution is 0.153. The fourth-order valence-electron chi connectivity index (χ4n) is 2.35. The highest BCUT2D eigenvalue weighted by Crippen LogP contribution is 2.22. The summed E-state index contributed by atoms with van der Waals surface area (Å²) in [5, 5.41) is 6.62. The van der Waals surface area contributed by atoms with Gasteiger partial charge in [-0.05, 0) is 19.8 Å². The summed E-state index contributed by atoms with van der Waals surface area (Å²) in [6, 6.07) is 0. The SMILES string of the molecule is CCNC(=NCc1ncc(C(C)(C)C)o1)NCCC1=CCOCC1. The lowest BCUT2D eigenvalue weighted by Gasteiger charge is -2.15. The van der Waals surface area contributed by atoms with Crippen LogP contribution in [-0.2, 0) is 16.7 Å². The zero-order chi connectivity index (χ0) is 17.4. The average molecular weight is 334 g/mol. The zero-order valence-corrected chi connectivity index (χ0v) is 15.3. The molecule has 0 bridgehead atoms. The van der Waals surface area contributed by atoms with Crippen molar-refractivity contribution in [3.8, 4) is 0 Å². The van der Waals surface area contributed by atoms with Gasteiger partial charge in [-0.25, -0.2) is 9.98 Å². The lowest BCUT2D eigenvalue weighted by atomic mass is 9.94. The van der Waals surface area contributed by atoms with Crippen LogP contribution in [0.5, 0.6) is 0 Å². The molecule has 6 heteroatoms. The Morgan fingerprint density at radius 1 is 1.33 bits per heavy atom. The number of hydrogen-bond acceptors (Lipinski definition) is 4. The van der Waals surface area contributed by atoms with Crippen LogP contribution < -0.4 is 10.6 Å². The Morgan fingerprint density at radius 2 is 2.17 bits per heavy atom. The summed E-state index contributed by atoms with van der Waals surface area (Å²) in [6.07, 6.45) is 6.01. The van der Waals surface area contributed by atoms with Crippen LogP contribution in [0.4, 0.5) is 0 Å². The van der Waals surface area contributed by atoms with Gasteiger partial charge in [-0.2, -0.15) is 0 Å². The number of rotatable bonds is 6. The summed E-state index contributed by atoms with van der Waals surface area (Å²) in [6.45, 7) is 12.1. The van der Waals surface area contributed by atoms with Gasteiger partial charge in [-0.15, -0.1) is 0 Å². The van der Waals surface area contributed by atoms with Crippen molar-refractivity contribution in [2.75, 3.05) is 26.3 Å². The monoisotopic (exact) mass is 334 g/mol. The van der Waals surface area contributed by atoms with Crippen LogP contribution in [0.25, 0.3) is 0 Å². The standard InChI is InChI=1S/C18H30N4O2/c1-5-19-17(20-9-6-14-7-10-23-11-8-14)22-13-16-21-12-15(24-16)18(2,3)4/h7,12H,5-6,8-11,13H2,1-4H3,(H2,19,20,22). The van der Waals surface area contributed by atoms with Crippen molar-refractivity contribution >= 4 is 5.96 Å². The molecule has 0 aliphatic carbocycles. The van der Waals surface area contributed by atoms with Gasteiger partial charge in [-0.1, -0.05) is 32.4 Å². The Bertz CT molecular complexity index is 570. The Hall–Kier alpha value is -1.82. The Kier molecular flexibility index (Phi) is 6.85. The van der Waals surface area contributed by atoms with Crippen LogP contribution in [0.15, 0.2) is 27.3 Å². The number of ether oxygens (including phenoxy) is 1. The van der Waals surface area contributed by atoms with Crippen LogP contribution in [0.2, 0.25) is 0 Å². The van der Waals surface area contributed by atoms with E-state index in [1.54, 1.807) is 6.20 Å². The molecule has 0 saturated heterocycles. The van der Waals surface area contributed by atoms with Crippen molar-refractivity contribution in [3.63, 3.8) is 0 Å². The molecule has 1 aromatic rings. The molecule has 0 radical (unpaired) electrons. The van der Waals surface area contributed by atoms with E-state index in [9.17, 15) is 0 Å². The maximum atomic E-state index is 5.78. The maximum Gasteiger partial charge on any atom is 0.216 e. The van der Waals surface area contributed by atoms with Gasteiger partial charge in [0, 0.05) is 18.5 Å². The number of nitrogens with zero attached hydrogens (tertiary/aromatic N) is 2. The molecular formula is C18H30N4O2. The van der Waals surface area contributed by atoms with Gasteiger partial charge in [-0.3, -0.25) is 0 Å². The smallest absolute Gasteiger partial charge is 0.216 e. The number of oxazole rings is 1. The van der Waals surface area contributed by atoms with Gasteiger partial charge in [0.15, 0.2) is 5.96 Å². The fourth-order valence-corrected chi connectivity index (χ4v) is 2.35. The summed E-state index contributed by atoms with van der Waals surface area (Å²) < 4.78 is 11.1. The van der Waals surface area contributed by atoms with Gasteiger partial charge in [0.1, 0.15) is 12.3 Å². The normalized spacial score (nSPS) is 16.0. The molecule has 1 aromatic heterocycles. The minimum Gasteiger partial charge on any atom is -0.443 e. The first-order valence-electron chi connectivity index (χ1n) is 8.72. The van der Waals surface area contributed by atoms with E-state index in [0.29, 0.717) is 12.4 Å². The lowest BCUT2D eigenvalue weighted by Crippen LogP contribution is -2.38. The van der Waals surface area contributed by atoms with Gasteiger partial charge in [0.2, 0.25) is 5.89 Å². The van der Waals surface area contributed by atoms with Gasteiger partial charge in [0.05, 0.1) is 19.4 Å². The van der Waals surface area contributed by atoms with E-state index < -0.39 is 0 Å². The van der Waals surface area contributed by atoms with E-state index in [1.165, 1.54) is 5.57 Å². The highest BCUT2D eigenvalue weighted by atomic mass is 16.5. The van der Waals surface area contributed by atoms with Crippen LogP contribution in [-0.4, -0.2) is 37.2 Å². The summed E-state index contributed by atoms with van der Waals surface area (Å²) in [7, 11) is 0. The predicted octanol–water partition coefficient (Wildman–Crippen LogP) is 2.76. The largest absolute Gasteiger partial charge is 0.443 e. The Balaban J connectivity index is 1.85. The third-order valence-corrected chi connectivity index (χ3v) is 3.81. The van der Waals surface area contributed by atoms with E-state index in [1.807, 2.05) is 0 Å².